The van der Waals surface area contributed by atoms with E-state index in [0.717, 1.165) is 26.9 Å². The SMILES string of the molecule is Cc1ccc(N2c3ccccc3Sc3ccccc32)c2nc(-c3ccc(Br)cc3)cc(-c3cccc4ccccc34)c12. The second-order valence-electron chi connectivity index (χ2n) is 10.6. The summed E-state index contributed by atoms with van der Waals surface area (Å²) in [5, 5.41) is 3.65. The number of aromatic nitrogens is 1. The lowest BCUT2D eigenvalue weighted by Crippen LogP contribution is -2.15. The molecule has 8 rings (SSSR count). The molecule has 0 fully saturated rings. The van der Waals surface area contributed by atoms with Gasteiger partial charge >= 0.3 is 0 Å². The van der Waals surface area contributed by atoms with E-state index >= 15 is 0 Å². The maximum absolute atomic E-state index is 5.46. The topological polar surface area (TPSA) is 16.1 Å². The smallest absolute Gasteiger partial charge is 0.0958 e. The number of halogens is 1. The van der Waals surface area contributed by atoms with Crippen LogP contribution in [0.5, 0.6) is 0 Å². The Morgan fingerprint density at radius 3 is 2.05 bits per heavy atom. The Kier molecular flexibility index (Phi) is 6.13. The third-order valence-corrected chi connectivity index (χ3v) is 9.70. The molecule has 6 aromatic carbocycles. The van der Waals surface area contributed by atoms with Crippen LogP contribution in [-0.2, 0) is 0 Å². The molecule has 4 heteroatoms. The fourth-order valence-corrected chi connectivity index (χ4v) is 7.40. The van der Waals surface area contributed by atoms with Crippen molar-refractivity contribution in [1.82, 2.24) is 4.98 Å². The summed E-state index contributed by atoms with van der Waals surface area (Å²) in [6.45, 7) is 2.20. The highest BCUT2D eigenvalue weighted by Crippen LogP contribution is 2.53. The van der Waals surface area contributed by atoms with Crippen molar-refractivity contribution in [2.24, 2.45) is 0 Å². The third kappa shape index (κ3) is 4.13. The van der Waals surface area contributed by atoms with Crippen molar-refractivity contribution in [2.75, 3.05) is 4.90 Å². The number of rotatable bonds is 3. The first kappa shape index (κ1) is 25.3. The number of para-hydroxylation sites is 2. The number of aryl methyl sites for hydroxylation is 1. The van der Waals surface area contributed by atoms with Crippen LogP contribution in [0.3, 0.4) is 0 Å². The van der Waals surface area contributed by atoms with Crippen molar-refractivity contribution in [3.05, 3.63) is 143 Å². The molecule has 0 N–H and O–H groups in total. The highest BCUT2D eigenvalue weighted by atomic mass is 79.9. The molecule has 200 valence electrons. The average Bonchev–Trinajstić information content (AvgIpc) is 3.04. The molecule has 0 spiro atoms. The van der Waals surface area contributed by atoms with Crippen LogP contribution in [0.15, 0.2) is 148 Å². The Morgan fingerprint density at radius 2 is 1.29 bits per heavy atom. The van der Waals surface area contributed by atoms with Gasteiger partial charge in [0.2, 0.25) is 0 Å². The van der Waals surface area contributed by atoms with Crippen molar-refractivity contribution < 1.29 is 0 Å². The summed E-state index contributed by atoms with van der Waals surface area (Å²) in [4.78, 5) is 10.3. The Hall–Kier alpha value is -4.38. The Labute approximate surface area is 257 Å². The summed E-state index contributed by atoms with van der Waals surface area (Å²) < 4.78 is 1.05. The zero-order chi connectivity index (χ0) is 28.2. The van der Waals surface area contributed by atoms with Gasteiger partial charge in [0.15, 0.2) is 0 Å². The molecule has 0 atom stereocenters. The first-order chi connectivity index (χ1) is 20.7. The van der Waals surface area contributed by atoms with Crippen LogP contribution in [0.1, 0.15) is 5.56 Å². The van der Waals surface area contributed by atoms with Gasteiger partial charge in [-0.25, -0.2) is 4.98 Å². The molecule has 0 bridgehead atoms. The van der Waals surface area contributed by atoms with Gasteiger partial charge in [0.25, 0.3) is 0 Å². The number of anilines is 3. The largest absolute Gasteiger partial charge is 0.306 e. The predicted molar refractivity (Wildman–Crippen MR) is 181 cm³/mol. The van der Waals surface area contributed by atoms with Crippen molar-refractivity contribution >= 4 is 66.4 Å². The van der Waals surface area contributed by atoms with Crippen LogP contribution in [-0.4, -0.2) is 4.98 Å². The van der Waals surface area contributed by atoms with Crippen LogP contribution in [0.2, 0.25) is 0 Å². The van der Waals surface area contributed by atoms with Crippen LogP contribution in [0, 0.1) is 6.92 Å². The normalized spacial score (nSPS) is 12.4. The zero-order valence-electron chi connectivity index (χ0n) is 22.9. The maximum Gasteiger partial charge on any atom is 0.0958 e. The highest BCUT2D eigenvalue weighted by Gasteiger charge is 2.27. The molecule has 42 heavy (non-hydrogen) atoms. The number of hydrogen-bond acceptors (Lipinski definition) is 3. The van der Waals surface area contributed by atoms with Crippen molar-refractivity contribution in [2.45, 2.75) is 16.7 Å². The minimum atomic E-state index is 0.956. The third-order valence-electron chi connectivity index (χ3n) is 8.04. The van der Waals surface area contributed by atoms with Gasteiger partial charge in [-0.2, -0.15) is 0 Å². The Balaban J connectivity index is 1.49. The van der Waals surface area contributed by atoms with E-state index in [9.17, 15) is 0 Å². The standard InChI is InChI=1S/C38H25BrN2S/c1-24-17-22-34(41-32-13-4-6-15-35(32)42-36-16-7-5-14-33(36)41)38-37(24)30(23-31(40-38)26-18-20-27(39)21-19-26)29-12-8-10-25-9-2-3-11-28(25)29/h2-23H,1H3. The summed E-state index contributed by atoms with van der Waals surface area (Å²) in [6, 6.07) is 47.8. The minimum absolute atomic E-state index is 0.956. The lowest BCUT2D eigenvalue weighted by Gasteiger charge is -2.33. The molecular formula is C38H25BrN2S. The monoisotopic (exact) mass is 620 g/mol. The summed E-state index contributed by atoms with van der Waals surface area (Å²) >= 11 is 5.44. The number of nitrogens with zero attached hydrogens (tertiary/aromatic N) is 2. The van der Waals surface area contributed by atoms with Gasteiger partial charge in [0.1, 0.15) is 0 Å². The highest BCUT2D eigenvalue weighted by molar-refractivity contribution is 9.10. The predicted octanol–water partition coefficient (Wildman–Crippen LogP) is 11.7. The molecule has 2 heterocycles. The molecule has 0 aliphatic carbocycles. The van der Waals surface area contributed by atoms with Gasteiger partial charge in [0, 0.05) is 25.2 Å². The van der Waals surface area contributed by atoms with Crippen LogP contribution in [0.4, 0.5) is 17.1 Å². The number of benzene rings is 6. The second-order valence-corrected chi connectivity index (χ2v) is 12.6. The van der Waals surface area contributed by atoms with E-state index in [1.54, 1.807) is 0 Å². The maximum atomic E-state index is 5.46. The summed E-state index contributed by atoms with van der Waals surface area (Å²) in [6.07, 6.45) is 0. The molecule has 0 amide bonds. The lowest BCUT2D eigenvalue weighted by atomic mass is 9.91. The fraction of sp³-hybridized carbons (Fsp3) is 0.0263. The molecule has 0 saturated heterocycles. The minimum Gasteiger partial charge on any atom is -0.306 e. The van der Waals surface area contributed by atoms with E-state index in [2.05, 4.69) is 161 Å². The molecule has 2 nitrogen and oxygen atoms in total. The quantitative estimate of drug-likeness (QED) is 0.195. The van der Waals surface area contributed by atoms with Crippen molar-refractivity contribution in [3.63, 3.8) is 0 Å². The molecule has 1 aliphatic rings. The zero-order valence-corrected chi connectivity index (χ0v) is 25.3. The second kappa shape index (κ2) is 10.2. The van der Waals surface area contributed by atoms with Gasteiger partial charge in [-0.15, -0.1) is 0 Å². The van der Waals surface area contributed by atoms with Crippen molar-refractivity contribution in [3.8, 4) is 22.4 Å². The number of pyridine rings is 1. The Morgan fingerprint density at radius 1 is 0.619 bits per heavy atom. The average molecular weight is 622 g/mol. The van der Waals surface area contributed by atoms with Gasteiger partial charge in [-0.05, 0) is 82.9 Å². The lowest BCUT2D eigenvalue weighted by molar-refractivity contribution is 1.17. The van der Waals surface area contributed by atoms with E-state index in [1.807, 2.05) is 11.8 Å². The number of hydrogen-bond donors (Lipinski definition) is 0. The first-order valence-corrected chi connectivity index (χ1v) is 15.6. The number of fused-ring (bicyclic) bond motifs is 4. The van der Waals surface area contributed by atoms with Gasteiger partial charge in [0.05, 0.1) is 28.3 Å². The van der Waals surface area contributed by atoms with Gasteiger partial charge in [-0.1, -0.05) is 113 Å². The molecular weight excluding hydrogens is 596 g/mol. The van der Waals surface area contributed by atoms with Crippen LogP contribution >= 0.6 is 27.7 Å². The van der Waals surface area contributed by atoms with Gasteiger partial charge in [-0.3, -0.25) is 0 Å². The van der Waals surface area contributed by atoms with E-state index in [4.69, 9.17) is 4.98 Å². The summed E-state index contributed by atoms with van der Waals surface area (Å²) in [5.41, 5.74) is 10.1. The first-order valence-electron chi connectivity index (χ1n) is 14.0. The van der Waals surface area contributed by atoms with E-state index in [1.165, 1.54) is 54.0 Å². The molecule has 1 aliphatic heterocycles. The van der Waals surface area contributed by atoms with E-state index in [0.29, 0.717) is 0 Å². The molecule has 7 aromatic rings. The van der Waals surface area contributed by atoms with E-state index in [-0.39, 0.29) is 0 Å². The molecule has 0 saturated carbocycles. The van der Waals surface area contributed by atoms with Crippen LogP contribution < -0.4 is 4.90 Å². The fourth-order valence-electron chi connectivity index (χ4n) is 6.08. The van der Waals surface area contributed by atoms with Crippen LogP contribution in [0.25, 0.3) is 44.1 Å². The molecule has 0 unspecified atom stereocenters. The Bertz CT molecular complexity index is 2100. The van der Waals surface area contributed by atoms with E-state index < -0.39 is 0 Å². The van der Waals surface area contributed by atoms with Gasteiger partial charge < -0.3 is 4.90 Å². The van der Waals surface area contributed by atoms with Crippen molar-refractivity contribution in [1.29, 1.82) is 0 Å². The molecule has 0 radical (unpaired) electrons. The molecule has 1 aromatic heterocycles. The summed E-state index contributed by atoms with van der Waals surface area (Å²) in [5.74, 6) is 0. The summed E-state index contributed by atoms with van der Waals surface area (Å²) in [7, 11) is 0.